The predicted molar refractivity (Wildman–Crippen MR) is 52.3 cm³/mol. The molecule has 0 fully saturated rings. The number of alkyl halides is 3. The van der Waals surface area contributed by atoms with E-state index in [9.17, 15) is 13.2 Å². The minimum Gasteiger partial charge on any atom is -0.361 e. The molecule has 0 saturated heterocycles. The molecule has 16 heavy (non-hydrogen) atoms. The summed E-state index contributed by atoms with van der Waals surface area (Å²) in [5.41, 5.74) is 1.34. The highest BCUT2D eigenvalue weighted by atomic mass is 19.4. The third kappa shape index (κ3) is 2.23. The van der Waals surface area contributed by atoms with Crippen molar-refractivity contribution in [3.05, 3.63) is 24.0 Å². The number of nitrogens with one attached hydrogen (secondary N) is 1. The van der Waals surface area contributed by atoms with Gasteiger partial charge >= 0.3 is 6.18 Å². The Hall–Kier alpha value is -1.79. The molecule has 0 radical (unpaired) electrons. The molecule has 0 aliphatic heterocycles. The molecule has 0 unspecified atom stereocenters. The zero-order valence-corrected chi connectivity index (χ0v) is 8.41. The lowest BCUT2D eigenvalue weighted by atomic mass is 10.3. The van der Waals surface area contributed by atoms with Gasteiger partial charge in [-0.2, -0.15) is 22.8 Å². The average Bonchev–Trinajstić information content (AvgIpc) is 2.60. The average molecular weight is 230 g/mol. The Morgan fingerprint density at radius 1 is 1.38 bits per heavy atom. The van der Waals surface area contributed by atoms with Crippen LogP contribution in [0.5, 0.6) is 0 Å². The number of hydrogen-bond donors (Lipinski definition) is 1. The first-order chi connectivity index (χ1) is 7.46. The van der Waals surface area contributed by atoms with Gasteiger partial charge in [-0.25, -0.2) is 4.98 Å². The summed E-state index contributed by atoms with van der Waals surface area (Å²) in [7, 11) is 0. The maximum atomic E-state index is 12.1. The summed E-state index contributed by atoms with van der Waals surface area (Å²) < 4.78 is 37.5. The number of nitrogens with zero attached hydrogens (tertiary/aromatic N) is 3. The first-order valence-electron chi connectivity index (χ1n) is 4.57. The van der Waals surface area contributed by atoms with Gasteiger partial charge < -0.3 is 5.32 Å². The second-order valence-corrected chi connectivity index (χ2v) is 3.42. The van der Waals surface area contributed by atoms with Gasteiger partial charge in [-0.1, -0.05) is 0 Å². The quantitative estimate of drug-likeness (QED) is 0.858. The van der Waals surface area contributed by atoms with Crippen LogP contribution in [0.1, 0.15) is 5.56 Å². The summed E-state index contributed by atoms with van der Waals surface area (Å²) >= 11 is 0. The third-order valence-electron chi connectivity index (χ3n) is 1.99. The summed E-state index contributed by atoms with van der Waals surface area (Å²) in [6.45, 7) is 0.693. The van der Waals surface area contributed by atoms with Gasteiger partial charge in [0.25, 0.3) is 0 Å². The van der Waals surface area contributed by atoms with Gasteiger partial charge in [0, 0.05) is 0 Å². The van der Waals surface area contributed by atoms with Crippen LogP contribution in [-0.4, -0.2) is 27.3 Å². The van der Waals surface area contributed by atoms with Crippen LogP contribution in [0.3, 0.4) is 0 Å². The summed E-state index contributed by atoms with van der Waals surface area (Å²) in [4.78, 5) is 3.92. The van der Waals surface area contributed by atoms with Crippen molar-refractivity contribution >= 4 is 11.5 Å². The monoisotopic (exact) mass is 230 g/mol. The molecule has 0 spiro atoms. The van der Waals surface area contributed by atoms with E-state index >= 15 is 0 Å². The molecule has 86 valence electrons. The molecule has 0 atom stereocenters. The first kappa shape index (κ1) is 10.7. The van der Waals surface area contributed by atoms with E-state index in [0.717, 1.165) is 5.56 Å². The van der Waals surface area contributed by atoms with Gasteiger partial charge in [0.2, 0.25) is 0 Å². The van der Waals surface area contributed by atoms with Crippen molar-refractivity contribution in [2.45, 2.75) is 13.1 Å². The summed E-state index contributed by atoms with van der Waals surface area (Å²) in [5, 5.41) is 6.13. The fourth-order valence-corrected chi connectivity index (χ4v) is 1.37. The number of pyridine rings is 1. The molecule has 2 aromatic heterocycles. The van der Waals surface area contributed by atoms with Crippen molar-refractivity contribution in [2.24, 2.45) is 0 Å². The van der Waals surface area contributed by atoms with E-state index in [-0.39, 0.29) is 5.82 Å². The van der Waals surface area contributed by atoms with E-state index in [1.54, 1.807) is 19.1 Å². The van der Waals surface area contributed by atoms with Gasteiger partial charge in [0.05, 0.1) is 0 Å². The number of fused-ring (bicyclic) bond motifs is 1. The van der Waals surface area contributed by atoms with Crippen LogP contribution < -0.4 is 5.32 Å². The van der Waals surface area contributed by atoms with Gasteiger partial charge in [0.1, 0.15) is 18.7 Å². The van der Waals surface area contributed by atoms with Crippen LogP contribution in [0.25, 0.3) is 5.65 Å². The Morgan fingerprint density at radius 2 is 2.12 bits per heavy atom. The highest BCUT2D eigenvalue weighted by Gasteiger charge is 2.27. The van der Waals surface area contributed by atoms with Crippen LogP contribution in [0.15, 0.2) is 18.5 Å². The van der Waals surface area contributed by atoms with Crippen molar-refractivity contribution in [1.29, 1.82) is 0 Å². The topological polar surface area (TPSA) is 42.2 Å². The largest absolute Gasteiger partial charge is 0.405 e. The fraction of sp³-hybridized carbons (Fsp3) is 0.333. The molecule has 0 saturated carbocycles. The van der Waals surface area contributed by atoms with Crippen molar-refractivity contribution in [3.8, 4) is 0 Å². The van der Waals surface area contributed by atoms with Crippen LogP contribution in [0.4, 0.5) is 19.0 Å². The fourth-order valence-electron chi connectivity index (χ4n) is 1.37. The zero-order chi connectivity index (χ0) is 11.8. The Labute approximate surface area is 89.1 Å². The molecule has 2 rings (SSSR count). The van der Waals surface area contributed by atoms with E-state index in [4.69, 9.17) is 0 Å². The number of aryl methyl sites for hydroxylation is 1. The lowest BCUT2D eigenvalue weighted by Crippen LogP contribution is -2.22. The SMILES string of the molecule is Cc1cc(NCC(F)(F)F)n2ncnc2c1. The number of halogens is 3. The van der Waals surface area contributed by atoms with E-state index in [2.05, 4.69) is 15.4 Å². The van der Waals surface area contributed by atoms with Crippen LogP contribution in [0, 0.1) is 6.92 Å². The minimum atomic E-state index is -4.25. The van der Waals surface area contributed by atoms with E-state index in [1.807, 2.05) is 0 Å². The molecule has 4 nitrogen and oxygen atoms in total. The Bertz CT molecular complexity index is 503. The maximum absolute atomic E-state index is 12.1. The van der Waals surface area contributed by atoms with Crippen LogP contribution in [-0.2, 0) is 0 Å². The molecule has 0 aliphatic rings. The number of hydrogen-bond acceptors (Lipinski definition) is 3. The van der Waals surface area contributed by atoms with Crippen LogP contribution >= 0.6 is 0 Å². The molecule has 0 aliphatic carbocycles. The molecule has 0 aromatic carbocycles. The molecular formula is C9H9F3N4. The molecule has 0 bridgehead atoms. The van der Waals surface area contributed by atoms with Gasteiger partial charge in [-0.15, -0.1) is 0 Å². The lowest BCUT2D eigenvalue weighted by molar-refractivity contribution is -0.115. The van der Waals surface area contributed by atoms with Crippen molar-refractivity contribution < 1.29 is 13.2 Å². The lowest BCUT2D eigenvalue weighted by Gasteiger charge is -2.11. The van der Waals surface area contributed by atoms with Crippen molar-refractivity contribution in [1.82, 2.24) is 14.6 Å². The van der Waals surface area contributed by atoms with Gasteiger partial charge in [-0.05, 0) is 24.6 Å². The number of rotatable bonds is 2. The second kappa shape index (κ2) is 3.66. The molecular weight excluding hydrogens is 221 g/mol. The number of aromatic nitrogens is 3. The standard InChI is InChI=1S/C9H9F3N4/c1-6-2-7(13-4-9(10,11)12)16-8(3-6)14-5-15-16/h2-3,5,13H,4H2,1H3. The maximum Gasteiger partial charge on any atom is 0.405 e. The Morgan fingerprint density at radius 3 is 2.81 bits per heavy atom. The summed E-state index contributed by atoms with van der Waals surface area (Å²) in [5.74, 6) is 0.282. The van der Waals surface area contributed by atoms with Gasteiger partial charge in [0.15, 0.2) is 5.65 Å². The molecule has 7 heteroatoms. The predicted octanol–water partition coefficient (Wildman–Crippen LogP) is 2.01. The Kier molecular flexibility index (Phi) is 2.45. The second-order valence-electron chi connectivity index (χ2n) is 3.42. The highest BCUT2D eigenvalue weighted by Crippen LogP contribution is 2.18. The van der Waals surface area contributed by atoms with Crippen LogP contribution in [0.2, 0.25) is 0 Å². The molecule has 1 N–H and O–H groups in total. The third-order valence-corrected chi connectivity index (χ3v) is 1.99. The van der Waals surface area contributed by atoms with E-state index in [1.165, 1.54) is 10.8 Å². The van der Waals surface area contributed by atoms with E-state index < -0.39 is 12.7 Å². The Balaban J connectivity index is 2.32. The first-order valence-corrected chi connectivity index (χ1v) is 4.57. The van der Waals surface area contributed by atoms with Crippen molar-refractivity contribution in [3.63, 3.8) is 0 Å². The zero-order valence-electron chi connectivity index (χ0n) is 8.41. The van der Waals surface area contributed by atoms with Gasteiger partial charge in [-0.3, -0.25) is 0 Å². The highest BCUT2D eigenvalue weighted by molar-refractivity contribution is 5.51. The molecule has 0 amide bonds. The molecule has 2 aromatic rings. The minimum absolute atomic E-state index is 0.282. The number of anilines is 1. The molecule has 2 heterocycles. The normalized spacial score (nSPS) is 12.0. The summed E-state index contributed by atoms with van der Waals surface area (Å²) in [6, 6.07) is 3.33. The smallest absolute Gasteiger partial charge is 0.361 e. The van der Waals surface area contributed by atoms with E-state index in [0.29, 0.717) is 5.65 Å². The van der Waals surface area contributed by atoms with Crippen molar-refractivity contribution in [2.75, 3.05) is 11.9 Å². The summed E-state index contributed by atoms with van der Waals surface area (Å²) in [6.07, 6.45) is -2.95.